The van der Waals surface area contributed by atoms with E-state index in [0.29, 0.717) is 11.7 Å². The Morgan fingerprint density at radius 3 is 2.45 bits per heavy atom. The molecule has 0 aromatic heterocycles. The molecule has 5 heteroatoms. The van der Waals surface area contributed by atoms with Crippen molar-refractivity contribution in [2.45, 2.75) is 51.4 Å². The summed E-state index contributed by atoms with van der Waals surface area (Å²) < 4.78 is 27.1. The standard InChI is InChI=1S/C15H28N2O2S/c18-20(19,12-14-4-2-1-3-5-14)17-11-8-15(13-17)6-9-16-10-7-15/h14,16H,1-13H2. The third kappa shape index (κ3) is 3.20. The van der Waals surface area contributed by atoms with Crippen LogP contribution in [-0.4, -0.2) is 44.7 Å². The molecule has 4 nitrogen and oxygen atoms in total. The monoisotopic (exact) mass is 300 g/mol. The third-order valence-corrected chi connectivity index (χ3v) is 7.62. The van der Waals surface area contributed by atoms with Crippen molar-refractivity contribution in [1.82, 2.24) is 9.62 Å². The van der Waals surface area contributed by atoms with Crippen molar-refractivity contribution in [1.29, 1.82) is 0 Å². The van der Waals surface area contributed by atoms with E-state index in [9.17, 15) is 8.42 Å². The van der Waals surface area contributed by atoms with E-state index in [1.165, 1.54) is 19.3 Å². The van der Waals surface area contributed by atoms with Crippen molar-refractivity contribution < 1.29 is 8.42 Å². The molecule has 3 fully saturated rings. The van der Waals surface area contributed by atoms with Gasteiger partial charge in [0.1, 0.15) is 0 Å². The van der Waals surface area contributed by atoms with Crippen LogP contribution < -0.4 is 5.32 Å². The van der Waals surface area contributed by atoms with E-state index in [1.54, 1.807) is 0 Å². The van der Waals surface area contributed by atoms with Crippen molar-refractivity contribution in [2.24, 2.45) is 11.3 Å². The molecule has 3 aliphatic rings. The Kier molecular flexibility index (Phi) is 4.39. The van der Waals surface area contributed by atoms with Gasteiger partial charge in [0.05, 0.1) is 5.75 Å². The SMILES string of the molecule is O=S(=O)(CC1CCCCC1)N1CCC2(CCNCC2)C1. The van der Waals surface area contributed by atoms with Crippen LogP contribution in [0.5, 0.6) is 0 Å². The molecule has 0 bridgehead atoms. The van der Waals surface area contributed by atoms with Gasteiger partial charge in [0.15, 0.2) is 0 Å². The molecule has 1 aliphatic carbocycles. The lowest BCUT2D eigenvalue weighted by atomic mass is 9.78. The van der Waals surface area contributed by atoms with Crippen LogP contribution in [-0.2, 0) is 10.0 Å². The minimum absolute atomic E-state index is 0.283. The van der Waals surface area contributed by atoms with Gasteiger partial charge in [-0.3, -0.25) is 0 Å². The maximum Gasteiger partial charge on any atom is 0.214 e. The average Bonchev–Trinajstić information content (AvgIpc) is 2.85. The molecular weight excluding hydrogens is 272 g/mol. The Morgan fingerprint density at radius 1 is 1.05 bits per heavy atom. The zero-order chi connectivity index (χ0) is 14.1. The lowest BCUT2D eigenvalue weighted by molar-refractivity contribution is 0.218. The Bertz CT molecular complexity index is 423. The van der Waals surface area contributed by atoms with Crippen LogP contribution in [0.2, 0.25) is 0 Å². The summed E-state index contributed by atoms with van der Waals surface area (Å²) in [4.78, 5) is 0. The third-order valence-electron chi connectivity index (χ3n) is 5.63. The summed E-state index contributed by atoms with van der Waals surface area (Å²) in [6.45, 7) is 3.64. The molecule has 2 heterocycles. The number of nitrogens with zero attached hydrogens (tertiary/aromatic N) is 1. The molecule has 2 aliphatic heterocycles. The summed E-state index contributed by atoms with van der Waals surface area (Å²) in [6.07, 6.45) is 9.30. The topological polar surface area (TPSA) is 49.4 Å². The normalized spacial score (nSPS) is 29.0. The largest absolute Gasteiger partial charge is 0.317 e. The fourth-order valence-corrected chi connectivity index (χ4v) is 6.23. The van der Waals surface area contributed by atoms with Crippen LogP contribution in [0.1, 0.15) is 51.4 Å². The van der Waals surface area contributed by atoms with Gasteiger partial charge in [0, 0.05) is 13.1 Å². The molecule has 0 unspecified atom stereocenters. The molecule has 0 amide bonds. The van der Waals surface area contributed by atoms with E-state index in [-0.39, 0.29) is 5.41 Å². The van der Waals surface area contributed by atoms with Gasteiger partial charge in [-0.25, -0.2) is 12.7 Å². The second-order valence-corrected chi connectivity index (χ2v) is 9.13. The lowest BCUT2D eigenvalue weighted by Crippen LogP contribution is -2.40. The van der Waals surface area contributed by atoms with Crippen molar-refractivity contribution in [3.8, 4) is 0 Å². The van der Waals surface area contributed by atoms with Gasteiger partial charge < -0.3 is 5.32 Å². The summed E-state index contributed by atoms with van der Waals surface area (Å²) in [5.41, 5.74) is 0.283. The number of sulfonamides is 1. The lowest BCUT2D eigenvalue weighted by Gasteiger charge is -2.34. The molecule has 0 atom stereocenters. The van der Waals surface area contributed by atoms with Crippen molar-refractivity contribution >= 4 is 10.0 Å². The summed E-state index contributed by atoms with van der Waals surface area (Å²) in [7, 11) is -3.02. The molecule has 20 heavy (non-hydrogen) atoms. The van der Waals surface area contributed by atoms with Crippen LogP contribution >= 0.6 is 0 Å². The molecular formula is C15H28N2O2S. The molecule has 1 spiro atoms. The quantitative estimate of drug-likeness (QED) is 0.867. The summed E-state index contributed by atoms with van der Waals surface area (Å²) in [6, 6.07) is 0. The van der Waals surface area contributed by atoms with Gasteiger partial charge in [-0.05, 0) is 56.5 Å². The van der Waals surface area contributed by atoms with Gasteiger partial charge in [0.25, 0.3) is 0 Å². The van der Waals surface area contributed by atoms with E-state index in [2.05, 4.69) is 5.32 Å². The van der Waals surface area contributed by atoms with E-state index < -0.39 is 10.0 Å². The minimum atomic E-state index is -3.02. The van der Waals surface area contributed by atoms with E-state index >= 15 is 0 Å². The first-order chi connectivity index (χ1) is 9.60. The molecule has 3 rings (SSSR count). The number of hydrogen-bond acceptors (Lipinski definition) is 3. The van der Waals surface area contributed by atoms with E-state index in [0.717, 1.165) is 58.3 Å². The van der Waals surface area contributed by atoms with Crippen LogP contribution in [0, 0.1) is 11.3 Å². The number of hydrogen-bond donors (Lipinski definition) is 1. The fraction of sp³-hybridized carbons (Fsp3) is 1.00. The second-order valence-electron chi connectivity index (χ2n) is 7.12. The first kappa shape index (κ1) is 14.8. The van der Waals surface area contributed by atoms with Crippen LogP contribution in [0.15, 0.2) is 0 Å². The Labute approximate surface area is 123 Å². The number of nitrogens with one attached hydrogen (secondary N) is 1. The predicted octanol–water partition coefficient (Wildman–Crippen LogP) is 1.97. The molecule has 0 aromatic carbocycles. The highest BCUT2D eigenvalue weighted by atomic mass is 32.2. The Morgan fingerprint density at radius 2 is 1.75 bits per heavy atom. The summed E-state index contributed by atoms with van der Waals surface area (Å²) in [5, 5.41) is 3.39. The molecule has 1 saturated carbocycles. The highest BCUT2D eigenvalue weighted by Gasteiger charge is 2.43. The van der Waals surface area contributed by atoms with E-state index in [1.807, 2.05) is 4.31 Å². The van der Waals surface area contributed by atoms with Gasteiger partial charge in [-0.1, -0.05) is 19.3 Å². The van der Waals surface area contributed by atoms with Gasteiger partial charge >= 0.3 is 0 Å². The van der Waals surface area contributed by atoms with Crippen LogP contribution in [0.3, 0.4) is 0 Å². The van der Waals surface area contributed by atoms with Gasteiger partial charge in [-0.15, -0.1) is 0 Å². The van der Waals surface area contributed by atoms with Crippen LogP contribution in [0.4, 0.5) is 0 Å². The smallest absolute Gasteiger partial charge is 0.214 e. The van der Waals surface area contributed by atoms with Crippen molar-refractivity contribution in [3.05, 3.63) is 0 Å². The fourth-order valence-electron chi connectivity index (χ4n) is 4.25. The van der Waals surface area contributed by atoms with Crippen molar-refractivity contribution in [2.75, 3.05) is 31.9 Å². The number of rotatable bonds is 3. The summed E-state index contributed by atoms with van der Waals surface area (Å²) in [5.74, 6) is 0.819. The van der Waals surface area contributed by atoms with Crippen LogP contribution in [0.25, 0.3) is 0 Å². The van der Waals surface area contributed by atoms with Crippen molar-refractivity contribution in [3.63, 3.8) is 0 Å². The highest BCUT2D eigenvalue weighted by molar-refractivity contribution is 7.89. The molecule has 2 saturated heterocycles. The highest BCUT2D eigenvalue weighted by Crippen LogP contribution is 2.40. The summed E-state index contributed by atoms with van der Waals surface area (Å²) >= 11 is 0. The second kappa shape index (κ2) is 5.93. The number of piperidine rings is 1. The average molecular weight is 300 g/mol. The first-order valence-electron chi connectivity index (χ1n) is 8.28. The first-order valence-corrected chi connectivity index (χ1v) is 9.89. The maximum atomic E-state index is 12.6. The van der Waals surface area contributed by atoms with E-state index in [4.69, 9.17) is 0 Å². The zero-order valence-electron chi connectivity index (χ0n) is 12.4. The predicted molar refractivity (Wildman–Crippen MR) is 81.1 cm³/mol. The minimum Gasteiger partial charge on any atom is -0.317 e. The zero-order valence-corrected chi connectivity index (χ0v) is 13.3. The van der Waals surface area contributed by atoms with Gasteiger partial charge in [-0.2, -0.15) is 0 Å². The molecule has 0 radical (unpaired) electrons. The maximum absolute atomic E-state index is 12.6. The Hall–Kier alpha value is -0.130. The Balaban J connectivity index is 1.60. The molecule has 116 valence electrons. The molecule has 0 aromatic rings. The van der Waals surface area contributed by atoms with Gasteiger partial charge in [0.2, 0.25) is 10.0 Å². The molecule has 1 N–H and O–H groups in total.